The lowest BCUT2D eigenvalue weighted by Crippen LogP contribution is -2.57. The second-order valence-corrected chi connectivity index (χ2v) is 9.65. The molecule has 1 N–H and O–H groups in total. The van der Waals surface area contributed by atoms with Gasteiger partial charge in [-0.3, -0.25) is 0 Å². The highest BCUT2D eigenvalue weighted by Crippen LogP contribution is 2.44. The average molecular weight is 483 g/mol. The van der Waals surface area contributed by atoms with Crippen LogP contribution in [0.15, 0.2) is 60.7 Å². The van der Waals surface area contributed by atoms with Crippen molar-refractivity contribution >= 4 is 23.2 Å². The van der Waals surface area contributed by atoms with Crippen molar-refractivity contribution in [3.05, 3.63) is 71.8 Å². The summed E-state index contributed by atoms with van der Waals surface area (Å²) in [4.78, 5) is -1.20. The molecule has 2 saturated heterocycles. The highest BCUT2D eigenvalue weighted by atomic mass is 35.5. The largest absolute Gasteiger partial charge is 0.382 e. The minimum absolute atomic E-state index is 0.155. The number of halogens is 2. The summed E-state index contributed by atoms with van der Waals surface area (Å²) in [6, 6.07) is 19.4. The summed E-state index contributed by atoms with van der Waals surface area (Å²) in [5, 5.41) is 11.5. The monoisotopic (exact) mass is 482 g/mol. The maximum absolute atomic E-state index is 11.5. The number of benzene rings is 2. The summed E-state index contributed by atoms with van der Waals surface area (Å²) in [6.07, 6.45) is -2.87. The second-order valence-electron chi connectivity index (χ2n) is 8.56. The average Bonchev–Trinajstić information content (AvgIpc) is 3.25. The van der Waals surface area contributed by atoms with Crippen molar-refractivity contribution in [2.24, 2.45) is 0 Å². The van der Waals surface area contributed by atoms with Crippen LogP contribution in [0.5, 0.6) is 0 Å². The molecule has 0 aliphatic carbocycles. The van der Waals surface area contributed by atoms with E-state index in [1.54, 1.807) is 13.8 Å². The molecule has 1 unspecified atom stereocenters. The number of fused-ring (bicyclic) bond motifs is 1. The van der Waals surface area contributed by atoms with Crippen molar-refractivity contribution in [2.45, 2.75) is 67.9 Å². The van der Waals surface area contributed by atoms with Crippen molar-refractivity contribution in [3.63, 3.8) is 0 Å². The van der Waals surface area contributed by atoms with Gasteiger partial charge in [0.15, 0.2) is 12.1 Å². The third-order valence-electron chi connectivity index (χ3n) is 5.59. The number of rotatable bonds is 9. The van der Waals surface area contributed by atoms with Gasteiger partial charge in [0.2, 0.25) is 0 Å². The molecular weight excluding hydrogens is 455 g/mol. The van der Waals surface area contributed by atoms with E-state index in [0.717, 1.165) is 11.1 Å². The summed E-state index contributed by atoms with van der Waals surface area (Å²) < 4.78 is 30.0. The van der Waals surface area contributed by atoms with Gasteiger partial charge in [0.05, 0.1) is 19.8 Å². The maximum Gasteiger partial charge on any atom is 0.190 e. The number of ether oxygens (including phenoxy) is 5. The van der Waals surface area contributed by atoms with Crippen LogP contribution in [0.4, 0.5) is 0 Å². The molecule has 2 aromatic rings. The number of hydrogen-bond acceptors (Lipinski definition) is 6. The van der Waals surface area contributed by atoms with Crippen molar-refractivity contribution in [2.75, 3.05) is 6.61 Å². The smallest absolute Gasteiger partial charge is 0.190 e. The molecule has 0 radical (unpaired) electrons. The van der Waals surface area contributed by atoms with Crippen molar-refractivity contribution in [3.8, 4) is 0 Å². The molecule has 0 spiro atoms. The standard InChI is InChI=1S/C24H28Cl2O6/c1-23(2)31-19-18(29-14-17-11-7-4-8-12-17)20(30-21(19)32-23)24(27,22(25)26)15-28-13-16-9-5-3-6-10-16/h3-12,18-22,27H,13-15H2,1-2H3/t18-,19+,20-,21+,24?/m0/s1. The predicted molar refractivity (Wildman–Crippen MR) is 120 cm³/mol. The van der Waals surface area contributed by atoms with Gasteiger partial charge in [-0.25, -0.2) is 0 Å². The Morgan fingerprint density at radius 2 is 1.56 bits per heavy atom. The molecule has 2 aliphatic rings. The van der Waals surface area contributed by atoms with Gasteiger partial charge in [-0.2, -0.15) is 0 Å². The van der Waals surface area contributed by atoms with Gasteiger partial charge in [-0.1, -0.05) is 60.7 Å². The summed E-state index contributed by atoms with van der Waals surface area (Å²) in [6.45, 7) is 4.05. The summed E-state index contributed by atoms with van der Waals surface area (Å²) in [5.41, 5.74) is 0.190. The fraction of sp³-hybridized carbons (Fsp3) is 0.500. The van der Waals surface area contributed by atoms with Gasteiger partial charge in [0.1, 0.15) is 28.7 Å². The van der Waals surface area contributed by atoms with Crippen molar-refractivity contribution < 1.29 is 28.8 Å². The van der Waals surface area contributed by atoms with E-state index in [1.165, 1.54) is 0 Å². The van der Waals surface area contributed by atoms with E-state index in [-0.39, 0.29) is 6.61 Å². The molecule has 2 fully saturated rings. The van der Waals surface area contributed by atoms with E-state index in [2.05, 4.69) is 0 Å². The molecule has 0 amide bonds. The van der Waals surface area contributed by atoms with Crippen LogP contribution in [0.1, 0.15) is 25.0 Å². The van der Waals surface area contributed by atoms with Gasteiger partial charge in [0.25, 0.3) is 0 Å². The SMILES string of the molecule is CC1(C)O[C@H]2O[C@H](C(O)(COCc3ccccc3)C(Cl)Cl)[C@@H](OCc3ccccc3)[C@H]2O1. The first-order chi connectivity index (χ1) is 15.3. The topological polar surface area (TPSA) is 66.4 Å². The Kier molecular flexibility index (Phi) is 7.44. The fourth-order valence-electron chi connectivity index (χ4n) is 4.01. The van der Waals surface area contributed by atoms with E-state index in [1.807, 2.05) is 60.7 Å². The number of alkyl halides is 2. The zero-order chi connectivity index (χ0) is 22.8. The Bertz CT molecular complexity index is 865. The van der Waals surface area contributed by atoms with E-state index < -0.39 is 40.8 Å². The molecule has 2 aliphatic heterocycles. The van der Waals surface area contributed by atoms with Crippen molar-refractivity contribution in [1.29, 1.82) is 0 Å². The van der Waals surface area contributed by atoms with Crippen LogP contribution < -0.4 is 0 Å². The Balaban J connectivity index is 1.51. The van der Waals surface area contributed by atoms with Crippen LogP contribution >= 0.6 is 23.2 Å². The Morgan fingerprint density at radius 3 is 2.16 bits per heavy atom. The molecule has 174 valence electrons. The lowest BCUT2D eigenvalue weighted by atomic mass is 9.93. The van der Waals surface area contributed by atoms with E-state index in [4.69, 9.17) is 46.9 Å². The summed E-state index contributed by atoms with van der Waals surface area (Å²) >= 11 is 12.5. The van der Waals surface area contributed by atoms with Crippen molar-refractivity contribution in [1.82, 2.24) is 0 Å². The first kappa shape index (κ1) is 23.9. The van der Waals surface area contributed by atoms with E-state index in [9.17, 15) is 5.11 Å². The molecular formula is C24H28Cl2O6. The molecule has 0 aromatic heterocycles. The normalized spacial score (nSPS) is 28.6. The second kappa shape index (κ2) is 9.95. The molecule has 4 rings (SSSR count). The van der Waals surface area contributed by atoms with Gasteiger partial charge >= 0.3 is 0 Å². The summed E-state index contributed by atoms with van der Waals surface area (Å²) in [5.74, 6) is -0.835. The zero-order valence-corrected chi connectivity index (χ0v) is 19.5. The minimum Gasteiger partial charge on any atom is -0.382 e. The van der Waals surface area contributed by atoms with Gasteiger partial charge in [-0.15, -0.1) is 23.2 Å². The van der Waals surface area contributed by atoms with Crippen LogP contribution in [-0.4, -0.2) is 52.5 Å². The Hall–Kier alpha value is -1.22. The van der Waals surface area contributed by atoms with Gasteiger partial charge in [0, 0.05) is 0 Å². The fourth-order valence-corrected chi connectivity index (χ4v) is 4.38. The van der Waals surface area contributed by atoms with Crippen LogP contribution in [-0.2, 0) is 36.9 Å². The molecule has 5 atom stereocenters. The molecule has 8 heteroatoms. The molecule has 2 heterocycles. The Morgan fingerprint density at radius 1 is 0.969 bits per heavy atom. The molecule has 2 aromatic carbocycles. The lowest BCUT2D eigenvalue weighted by Gasteiger charge is -2.38. The molecule has 0 bridgehead atoms. The lowest BCUT2D eigenvalue weighted by molar-refractivity contribution is -0.249. The number of hydrogen-bond donors (Lipinski definition) is 1. The minimum atomic E-state index is -1.75. The van der Waals surface area contributed by atoms with Gasteiger partial charge in [-0.05, 0) is 25.0 Å². The van der Waals surface area contributed by atoms with Crippen LogP contribution in [0.25, 0.3) is 0 Å². The highest BCUT2D eigenvalue weighted by molar-refractivity contribution is 6.45. The molecule has 0 saturated carbocycles. The summed E-state index contributed by atoms with van der Waals surface area (Å²) in [7, 11) is 0. The first-order valence-corrected chi connectivity index (χ1v) is 11.4. The number of aliphatic hydroxyl groups is 1. The maximum atomic E-state index is 11.5. The zero-order valence-electron chi connectivity index (χ0n) is 18.0. The Labute approximate surface area is 198 Å². The predicted octanol–water partition coefficient (Wildman–Crippen LogP) is 4.20. The third kappa shape index (κ3) is 5.29. The highest BCUT2D eigenvalue weighted by Gasteiger charge is 2.62. The van der Waals surface area contributed by atoms with Crippen LogP contribution in [0, 0.1) is 0 Å². The first-order valence-electron chi connectivity index (χ1n) is 10.6. The van der Waals surface area contributed by atoms with Crippen LogP contribution in [0.2, 0.25) is 0 Å². The third-order valence-corrected chi connectivity index (χ3v) is 6.35. The van der Waals surface area contributed by atoms with E-state index in [0.29, 0.717) is 13.2 Å². The quantitative estimate of drug-likeness (QED) is 0.540. The molecule has 32 heavy (non-hydrogen) atoms. The molecule has 6 nitrogen and oxygen atoms in total. The van der Waals surface area contributed by atoms with Crippen LogP contribution in [0.3, 0.4) is 0 Å². The van der Waals surface area contributed by atoms with Gasteiger partial charge < -0.3 is 28.8 Å². The van der Waals surface area contributed by atoms with E-state index >= 15 is 0 Å².